The number of nitrogens with one attached hydrogen (secondary N) is 1. The molecule has 0 unspecified atom stereocenters. The summed E-state index contributed by atoms with van der Waals surface area (Å²) in [6, 6.07) is 7.06. The number of nitrogens with zero attached hydrogens (tertiary/aromatic N) is 2. The molecule has 23 heavy (non-hydrogen) atoms. The maximum atomic E-state index is 12.1. The van der Waals surface area contributed by atoms with Crippen LogP contribution in [0.25, 0.3) is 11.8 Å². The summed E-state index contributed by atoms with van der Waals surface area (Å²) in [5, 5.41) is 10.6. The first kappa shape index (κ1) is 15.0. The number of ether oxygens (including phenoxy) is 1. The van der Waals surface area contributed by atoms with Crippen LogP contribution in [0, 0.1) is 4.77 Å². The molecule has 2 heterocycles. The highest BCUT2D eigenvalue weighted by Crippen LogP contribution is 2.28. The Labute approximate surface area is 136 Å². The lowest BCUT2D eigenvalue weighted by molar-refractivity contribution is 0.402. The van der Waals surface area contributed by atoms with Crippen molar-refractivity contribution in [1.29, 1.82) is 0 Å². The van der Waals surface area contributed by atoms with E-state index in [0.717, 1.165) is 0 Å². The van der Waals surface area contributed by atoms with Crippen LogP contribution < -0.4 is 10.3 Å². The smallest absolute Gasteiger partial charge is 0.262 e. The second-order valence-electron chi connectivity index (χ2n) is 4.71. The van der Waals surface area contributed by atoms with E-state index in [2.05, 4.69) is 9.98 Å². The van der Waals surface area contributed by atoms with Gasteiger partial charge in [0.05, 0.1) is 18.5 Å². The molecule has 0 aliphatic carbocycles. The number of aromatic nitrogens is 2. The van der Waals surface area contributed by atoms with Gasteiger partial charge >= 0.3 is 0 Å². The average Bonchev–Trinajstić information content (AvgIpc) is 3.05. The summed E-state index contributed by atoms with van der Waals surface area (Å²) in [5.41, 5.74) is 0.679. The van der Waals surface area contributed by atoms with E-state index in [4.69, 9.17) is 17.0 Å². The number of hydrogen-bond donors (Lipinski definition) is 2. The SMILES string of the molecule is COc1ccccc1-n1c(O)c(/C=C2\C=CC=N2)c(=O)[nH]c1=S. The topological polar surface area (TPSA) is 79.6 Å². The normalized spacial score (nSPS) is 14.6. The largest absolute Gasteiger partial charge is 0.495 e. The third-order valence-electron chi connectivity index (χ3n) is 3.32. The van der Waals surface area contributed by atoms with Crippen molar-refractivity contribution in [2.24, 2.45) is 4.99 Å². The van der Waals surface area contributed by atoms with Gasteiger partial charge < -0.3 is 9.84 Å². The van der Waals surface area contributed by atoms with Crippen molar-refractivity contribution in [3.05, 3.63) is 62.8 Å². The second kappa shape index (κ2) is 6.05. The minimum absolute atomic E-state index is 0.0724. The zero-order valence-corrected chi connectivity index (χ0v) is 13.0. The molecule has 0 bridgehead atoms. The summed E-state index contributed by atoms with van der Waals surface area (Å²) in [4.78, 5) is 18.8. The lowest BCUT2D eigenvalue weighted by Gasteiger charge is -2.14. The first-order valence-corrected chi connectivity index (χ1v) is 7.17. The number of H-pyrrole nitrogens is 1. The molecule has 0 amide bonds. The van der Waals surface area contributed by atoms with Crippen molar-refractivity contribution in [1.82, 2.24) is 9.55 Å². The number of aliphatic imine (C=N–C) groups is 1. The highest BCUT2D eigenvalue weighted by atomic mass is 32.1. The van der Waals surface area contributed by atoms with Gasteiger partial charge in [0.25, 0.3) is 5.56 Å². The summed E-state index contributed by atoms with van der Waals surface area (Å²) in [6.07, 6.45) is 6.57. The van der Waals surface area contributed by atoms with Crippen LogP contribution in [-0.2, 0) is 0 Å². The Kier molecular flexibility index (Phi) is 3.94. The second-order valence-corrected chi connectivity index (χ2v) is 5.10. The monoisotopic (exact) mass is 327 g/mol. The van der Waals surface area contributed by atoms with E-state index >= 15 is 0 Å². The summed E-state index contributed by atoms with van der Waals surface area (Å²) < 4.78 is 6.72. The fourth-order valence-electron chi connectivity index (χ4n) is 2.25. The highest BCUT2D eigenvalue weighted by molar-refractivity contribution is 7.71. The molecule has 0 saturated carbocycles. The fourth-order valence-corrected chi connectivity index (χ4v) is 2.53. The summed E-state index contributed by atoms with van der Waals surface area (Å²) in [5.74, 6) is 0.245. The molecule has 0 atom stereocenters. The van der Waals surface area contributed by atoms with Crippen LogP contribution in [0.3, 0.4) is 0 Å². The van der Waals surface area contributed by atoms with Gasteiger partial charge in [-0.25, -0.2) is 0 Å². The van der Waals surface area contributed by atoms with Gasteiger partial charge in [-0.15, -0.1) is 0 Å². The maximum absolute atomic E-state index is 12.1. The standard InChI is InChI=1S/C16H13N3O3S/c1-22-13-7-3-2-6-12(13)19-15(21)11(14(20)18-16(19)23)9-10-5-4-8-17-10/h2-9,21H,1H3,(H,18,20,23)/b10-9+. The van der Waals surface area contributed by atoms with Crippen molar-refractivity contribution in [2.45, 2.75) is 0 Å². The first-order chi connectivity index (χ1) is 11.1. The average molecular weight is 327 g/mol. The molecule has 116 valence electrons. The molecule has 1 aromatic carbocycles. The zero-order valence-electron chi connectivity index (χ0n) is 12.2. The van der Waals surface area contributed by atoms with E-state index in [-0.39, 0.29) is 16.2 Å². The van der Waals surface area contributed by atoms with Crippen LogP contribution in [-0.4, -0.2) is 28.0 Å². The number of aromatic amines is 1. The Hall–Kier alpha value is -2.93. The molecule has 1 aromatic heterocycles. The van der Waals surface area contributed by atoms with E-state index in [0.29, 0.717) is 17.1 Å². The summed E-state index contributed by atoms with van der Waals surface area (Å²) in [6.45, 7) is 0. The van der Waals surface area contributed by atoms with Crippen molar-refractivity contribution in [3.8, 4) is 17.3 Å². The predicted molar refractivity (Wildman–Crippen MR) is 91.0 cm³/mol. The lowest BCUT2D eigenvalue weighted by atomic mass is 10.2. The third kappa shape index (κ3) is 2.74. The van der Waals surface area contributed by atoms with Crippen LogP contribution in [0.4, 0.5) is 0 Å². The summed E-state index contributed by atoms with van der Waals surface area (Å²) >= 11 is 5.19. The number of aromatic hydroxyl groups is 1. The van der Waals surface area contributed by atoms with E-state index in [1.54, 1.807) is 42.6 Å². The van der Waals surface area contributed by atoms with Gasteiger partial charge in [-0.3, -0.25) is 19.3 Å². The van der Waals surface area contributed by atoms with Crippen LogP contribution in [0.15, 0.2) is 51.9 Å². The molecule has 2 aromatic rings. The number of para-hydroxylation sites is 2. The minimum Gasteiger partial charge on any atom is -0.495 e. The molecule has 7 heteroatoms. The Morgan fingerprint density at radius 2 is 2.17 bits per heavy atom. The van der Waals surface area contributed by atoms with E-state index < -0.39 is 5.56 Å². The predicted octanol–water partition coefficient (Wildman–Crippen LogP) is 2.59. The van der Waals surface area contributed by atoms with Crippen molar-refractivity contribution < 1.29 is 9.84 Å². The fraction of sp³-hybridized carbons (Fsp3) is 0.0625. The third-order valence-corrected chi connectivity index (χ3v) is 3.60. The van der Waals surface area contributed by atoms with Gasteiger partial charge in [-0.1, -0.05) is 12.1 Å². The van der Waals surface area contributed by atoms with E-state index in [9.17, 15) is 9.90 Å². The molecule has 0 radical (unpaired) electrons. The van der Waals surface area contributed by atoms with Gasteiger partial charge in [0.1, 0.15) is 11.3 Å². The van der Waals surface area contributed by atoms with Crippen LogP contribution in [0.1, 0.15) is 5.56 Å². The highest BCUT2D eigenvalue weighted by Gasteiger charge is 2.15. The molecule has 6 nitrogen and oxygen atoms in total. The van der Waals surface area contributed by atoms with Crippen molar-refractivity contribution in [3.63, 3.8) is 0 Å². The molecule has 0 fully saturated rings. The maximum Gasteiger partial charge on any atom is 0.262 e. The van der Waals surface area contributed by atoms with E-state index in [1.807, 2.05) is 0 Å². The summed E-state index contributed by atoms with van der Waals surface area (Å²) in [7, 11) is 1.52. The van der Waals surface area contributed by atoms with Crippen molar-refractivity contribution in [2.75, 3.05) is 7.11 Å². The zero-order chi connectivity index (χ0) is 16.4. The Balaban J connectivity index is 2.29. The van der Waals surface area contributed by atoms with Crippen LogP contribution in [0.2, 0.25) is 0 Å². The Bertz CT molecular complexity index is 953. The molecule has 1 aliphatic heterocycles. The first-order valence-electron chi connectivity index (χ1n) is 6.76. The molecule has 0 saturated heterocycles. The van der Waals surface area contributed by atoms with Crippen molar-refractivity contribution >= 4 is 24.5 Å². The van der Waals surface area contributed by atoms with E-state index in [1.165, 1.54) is 17.8 Å². The molecule has 3 rings (SSSR count). The van der Waals surface area contributed by atoms with Gasteiger partial charge in [0.2, 0.25) is 5.88 Å². The number of rotatable bonds is 3. The van der Waals surface area contributed by atoms with Gasteiger partial charge in [-0.2, -0.15) is 0 Å². The quantitative estimate of drug-likeness (QED) is 0.849. The number of methoxy groups -OCH3 is 1. The number of allylic oxidation sites excluding steroid dienone is 2. The lowest BCUT2D eigenvalue weighted by Crippen LogP contribution is -2.16. The van der Waals surface area contributed by atoms with Crippen LogP contribution >= 0.6 is 12.2 Å². The number of hydrogen-bond acceptors (Lipinski definition) is 5. The Morgan fingerprint density at radius 1 is 1.39 bits per heavy atom. The molecule has 1 aliphatic rings. The van der Waals surface area contributed by atoms with Gasteiger partial charge in [0, 0.05) is 6.21 Å². The molecular formula is C16H13N3O3S. The molecule has 0 spiro atoms. The number of benzene rings is 1. The minimum atomic E-state index is -0.485. The molecular weight excluding hydrogens is 314 g/mol. The van der Waals surface area contributed by atoms with Crippen LogP contribution in [0.5, 0.6) is 11.6 Å². The molecule has 2 N–H and O–H groups in total. The van der Waals surface area contributed by atoms with Gasteiger partial charge in [0.15, 0.2) is 4.77 Å². The Morgan fingerprint density at radius 3 is 2.87 bits per heavy atom. The van der Waals surface area contributed by atoms with Gasteiger partial charge in [-0.05, 0) is 42.6 Å².